The third kappa shape index (κ3) is 2.62. The molecule has 1 aliphatic carbocycles. The van der Waals surface area contributed by atoms with Crippen LogP contribution >= 0.6 is 12.2 Å². The number of aromatic nitrogens is 2. The first-order valence-corrected chi connectivity index (χ1v) is 7.86. The molecule has 1 aromatic heterocycles. The molecule has 7 heteroatoms. The molecule has 2 heterocycles. The number of carbonyl (C=O) groups is 1. The Morgan fingerprint density at radius 3 is 2.43 bits per heavy atom. The monoisotopic (exact) mass is 307 g/mol. The number of amides is 1. The fraction of sp³-hybridized carbons (Fsp3) is 0.643. The van der Waals surface area contributed by atoms with Gasteiger partial charge in [-0.2, -0.15) is 0 Å². The lowest BCUT2D eigenvalue weighted by atomic mass is 9.77. The second-order valence-corrected chi connectivity index (χ2v) is 6.62. The maximum Gasteiger partial charge on any atom is 0.269 e. The van der Waals surface area contributed by atoms with E-state index < -0.39 is 5.91 Å². The molecular weight excluding hydrogens is 286 g/mol. The lowest BCUT2D eigenvalue weighted by Crippen LogP contribution is -2.40. The number of nitrogens with zero attached hydrogens (tertiary/aromatic N) is 2. The summed E-state index contributed by atoms with van der Waals surface area (Å²) in [5.41, 5.74) is 12.0. The van der Waals surface area contributed by atoms with Crippen molar-refractivity contribution in [3.05, 3.63) is 10.3 Å². The number of rotatable bonds is 2. The van der Waals surface area contributed by atoms with Gasteiger partial charge in [-0.3, -0.25) is 4.79 Å². The topological polar surface area (TPSA) is 101 Å². The molecule has 3 rings (SSSR count). The number of piperidine rings is 1. The predicted octanol–water partition coefficient (Wildman–Crippen LogP) is 1.98. The number of aromatic amines is 1. The first-order chi connectivity index (χ1) is 10.0. The maximum atomic E-state index is 11.6. The standard InChI is InChI=1S/C14H21N5OS/c15-10-13(21)17-9(11(16)20)12(18-10)19-7-5-14(6-8-19)3-1-2-4-14/h1-8H2,(H2,15,18)(H2,16,20)(H,17,21). The Kier molecular flexibility index (Phi) is 3.61. The van der Waals surface area contributed by atoms with Crippen LogP contribution in [0, 0.1) is 10.1 Å². The highest BCUT2D eigenvalue weighted by molar-refractivity contribution is 7.71. The Morgan fingerprint density at radius 1 is 1.24 bits per heavy atom. The molecule has 5 N–H and O–H groups in total. The maximum absolute atomic E-state index is 11.6. The van der Waals surface area contributed by atoms with Gasteiger partial charge >= 0.3 is 0 Å². The molecule has 2 fully saturated rings. The highest BCUT2D eigenvalue weighted by Gasteiger charge is 2.37. The fourth-order valence-corrected chi connectivity index (χ4v) is 3.82. The molecule has 0 radical (unpaired) electrons. The predicted molar refractivity (Wildman–Crippen MR) is 84.7 cm³/mol. The van der Waals surface area contributed by atoms with Crippen LogP contribution in [-0.4, -0.2) is 29.0 Å². The molecule has 1 aliphatic heterocycles. The van der Waals surface area contributed by atoms with Gasteiger partial charge in [0.2, 0.25) is 0 Å². The van der Waals surface area contributed by atoms with E-state index in [9.17, 15) is 4.79 Å². The van der Waals surface area contributed by atoms with Crippen LogP contribution < -0.4 is 16.4 Å². The van der Waals surface area contributed by atoms with Crippen molar-refractivity contribution in [1.29, 1.82) is 0 Å². The van der Waals surface area contributed by atoms with Crippen molar-refractivity contribution >= 4 is 29.8 Å². The van der Waals surface area contributed by atoms with E-state index in [4.69, 9.17) is 23.7 Å². The number of hydrogen-bond acceptors (Lipinski definition) is 5. The van der Waals surface area contributed by atoms with Gasteiger partial charge in [-0.15, -0.1) is 0 Å². The number of nitrogen functional groups attached to an aromatic ring is 1. The number of nitrogens with two attached hydrogens (primary N) is 2. The minimum Gasteiger partial charge on any atom is -0.381 e. The number of anilines is 2. The van der Waals surface area contributed by atoms with E-state index in [2.05, 4.69) is 14.9 Å². The van der Waals surface area contributed by atoms with E-state index in [1.165, 1.54) is 25.7 Å². The second kappa shape index (κ2) is 5.29. The first-order valence-electron chi connectivity index (χ1n) is 7.45. The highest BCUT2D eigenvalue weighted by Crippen LogP contribution is 2.46. The summed E-state index contributed by atoms with van der Waals surface area (Å²) in [4.78, 5) is 20.8. The summed E-state index contributed by atoms with van der Waals surface area (Å²) < 4.78 is 0.261. The molecule has 1 spiro atoms. The minimum absolute atomic E-state index is 0.242. The molecule has 1 amide bonds. The zero-order valence-corrected chi connectivity index (χ0v) is 12.8. The van der Waals surface area contributed by atoms with E-state index >= 15 is 0 Å². The summed E-state index contributed by atoms with van der Waals surface area (Å²) in [6, 6.07) is 0. The largest absolute Gasteiger partial charge is 0.381 e. The second-order valence-electron chi connectivity index (χ2n) is 6.21. The Bertz CT molecular complexity index is 610. The van der Waals surface area contributed by atoms with Crippen molar-refractivity contribution in [3.8, 4) is 0 Å². The summed E-state index contributed by atoms with van der Waals surface area (Å²) in [6.07, 6.45) is 7.63. The molecular formula is C14H21N5OS. The van der Waals surface area contributed by atoms with E-state index in [0.29, 0.717) is 11.2 Å². The molecule has 0 bridgehead atoms. The van der Waals surface area contributed by atoms with Gasteiger partial charge in [0.25, 0.3) is 5.91 Å². The molecule has 1 aromatic rings. The zero-order valence-electron chi connectivity index (χ0n) is 12.0. The van der Waals surface area contributed by atoms with Crippen molar-refractivity contribution < 1.29 is 4.79 Å². The molecule has 0 unspecified atom stereocenters. The molecule has 1 saturated carbocycles. The van der Waals surface area contributed by atoms with Crippen molar-refractivity contribution in [2.45, 2.75) is 38.5 Å². The highest BCUT2D eigenvalue weighted by atomic mass is 32.1. The lowest BCUT2D eigenvalue weighted by molar-refractivity contribution is 0.0995. The number of primary amides is 1. The Hall–Kier alpha value is -1.63. The average molecular weight is 307 g/mol. The summed E-state index contributed by atoms with van der Waals surface area (Å²) in [6.45, 7) is 1.77. The van der Waals surface area contributed by atoms with Gasteiger partial charge in [-0.1, -0.05) is 25.1 Å². The SMILES string of the molecule is NC(=O)c1[nH]c(=S)c(N)nc1N1CCC2(CCCC2)CC1. The van der Waals surface area contributed by atoms with Gasteiger partial charge in [0.1, 0.15) is 10.3 Å². The number of carbonyl (C=O) groups excluding carboxylic acids is 1. The Balaban J connectivity index is 1.86. The van der Waals surface area contributed by atoms with Crippen LogP contribution in [0.5, 0.6) is 0 Å². The summed E-state index contributed by atoms with van der Waals surface area (Å²) >= 11 is 5.03. The van der Waals surface area contributed by atoms with Crippen LogP contribution in [0.15, 0.2) is 0 Å². The van der Waals surface area contributed by atoms with E-state index in [1.54, 1.807) is 0 Å². The van der Waals surface area contributed by atoms with Crippen molar-refractivity contribution in [1.82, 2.24) is 9.97 Å². The summed E-state index contributed by atoms with van der Waals surface area (Å²) in [5, 5.41) is 0. The third-order valence-electron chi connectivity index (χ3n) is 4.96. The smallest absolute Gasteiger partial charge is 0.269 e. The Morgan fingerprint density at radius 2 is 1.86 bits per heavy atom. The molecule has 0 atom stereocenters. The van der Waals surface area contributed by atoms with Gasteiger partial charge in [0.15, 0.2) is 11.6 Å². The van der Waals surface area contributed by atoms with Crippen LogP contribution in [0.4, 0.5) is 11.6 Å². The molecule has 6 nitrogen and oxygen atoms in total. The van der Waals surface area contributed by atoms with Crippen molar-refractivity contribution in [2.24, 2.45) is 11.1 Å². The zero-order chi connectivity index (χ0) is 15.0. The number of hydrogen-bond donors (Lipinski definition) is 3. The molecule has 114 valence electrons. The molecule has 21 heavy (non-hydrogen) atoms. The van der Waals surface area contributed by atoms with Gasteiger partial charge in [0, 0.05) is 13.1 Å². The third-order valence-corrected chi connectivity index (χ3v) is 5.27. The number of nitrogens with one attached hydrogen (secondary N) is 1. The van der Waals surface area contributed by atoms with Crippen LogP contribution in [-0.2, 0) is 0 Å². The van der Waals surface area contributed by atoms with Crippen molar-refractivity contribution in [2.75, 3.05) is 23.7 Å². The normalized spacial score (nSPS) is 20.9. The van der Waals surface area contributed by atoms with Gasteiger partial charge in [-0.05, 0) is 31.1 Å². The molecule has 1 saturated heterocycles. The number of H-pyrrole nitrogens is 1. The van der Waals surface area contributed by atoms with Crippen LogP contribution in [0.2, 0.25) is 0 Å². The lowest BCUT2D eigenvalue weighted by Gasteiger charge is -2.40. The molecule has 0 aromatic carbocycles. The van der Waals surface area contributed by atoms with Gasteiger partial charge in [0.05, 0.1) is 0 Å². The summed E-state index contributed by atoms with van der Waals surface area (Å²) in [7, 11) is 0. The van der Waals surface area contributed by atoms with E-state index in [0.717, 1.165) is 25.9 Å². The van der Waals surface area contributed by atoms with Crippen molar-refractivity contribution in [3.63, 3.8) is 0 Å². The van der Waals surface area contributed by atoms with Gasteiger partial charge < -0.3 is 21.4 Å². The Labute approximate surface area is 128 Å². The van der Waals surface area contributed by atoms with E-state index in [1.807, 2.05) is 0 Å². The van der Waals surface area contributed by atoms with Crippen LogP contribution in [0.1, 0.15) is 49.0 Å². The fourth-order valence-electron chi connectivity index (χ4n) is 3.67. The first kappa shape index (κ1) is 14.3. The summed E-state index contributed by atoms with van der Waals surface area (Å²) in [5.74, 6) is 0.234. The average Bonchev–Trinajstić information content (AvgIpc) is 2.90. The quantitative estimate of drug-likeness (QED) is 0.725. The van der Waals surface area contributed by atoms with Crippen LogP contribution in [0.25, 0.3) is 0 Å². The molecule has 2 aliphatic rings. The minimum atomic E-state index is -0.551. The van der Waals surface area contributed by atoms with E-state index in [-0.39, 0.29) is 16.2 Å². The van der Waals surface area contributed by atoms with Gasteiger partial charge in [-0.25, -0.2) is 4.98 Å². The van der Waals surface area contributed by atoms with Crippen LogP contribution in [0.3, 0.4) is 0 Å².